The zero-order chi connectivity index (χ0) is 33.3. The number of amides is 1. The molecule has 2 atom stereocenters. The van der Waals surface area contributed by atoms with E-state index in [2.05, 4.69) is 15.3 Å². The van der Waals surface area contributed by atoms with Gasteiger partial charge < -0.3 is 21.5 Å². The average molecular weight is 671 g/mol. The smallest absolute Gasteiger partial charge is 0.407 e. The first-order valence-electron chi connectivity index (χ1n) is 15.4. The molecule has 12 nitrogen and oxygen atoms in total. The van der Waals surface area contributed by atoms with Crippen molar-refractivity contribution in [2.24, 2.45) is 28.3 Å². The van der Waals surface area contributed by atoms with Gasteiger partial charge in [0.25, 0.3) is 0 Å². The third kappa shape index (κ3) is 9.56. The van der Waals surface area contributed by atoms with Gasteiger partial charge in [0.15, 0.2) is 22.5 Å². The van der Waals surface area contributed by atoms with E-state index in [1.165, 1.54) is 15.6 Å². The maximum Gasteiger partial charge on any atom is 0.407 e. The molecule has 46 heavy (non-hydrogen) atoms. The molecule has 3 aromatic rings. The molecule has 1 amide bonds. The minimum Gasteiger partial charge on any atom is -0.446 e. The van der Waals surface area contributed by atoms with E-state index in [4.69, 9.17) is 16.2 Å². The van der Waals surface area contributed by atoms with E-state index in [1.807, 2.05) is 38.1 Å². The van der Waals surface area contributed by atoms with Gasteiger partial charge in [0, 0.05) is 32.0 Å². The van der Waals surface area contributed by atoms with Gasteiger partial charge in [0.1, 0.15) is 6.10 Å². The van der Waals surface area contributed by atoms with Gasteiger partial charge in [0.2, 0.25) is 10.0 Å². The number of fused-ring (bicyclic) bond motifs is 1. The number of aliphatic imine (C=N–C) groups is 1. The minimum atomic E-state index is -3.64. The Morgan fingerprint density at radius 3 is 2.39 bits per heavy atom. The van der Waals surface area contributed by atoms with Gasteiger partial charge in [-0.05, 0) is 62.3 Å². The number of para-hydroxylation sites is 1. The summed E-state index contributed by atoms with van der Waals surface area (Å²) in [5.41, 5.74) is 11.6. The van der Waals surface area contributed by atoms with E-state index in [0.717, 1.165) is 4.70 Å². The Morgan fingerprint density at radius 1 is 1.07 bits per heavy atom. The fraction of sp³-hybridized carbons (Fsp3) is 0.469. The SMILES string of the molecule is CC(C)C[C@H](NC(=O)OC1CCN(S(=O)(=O)c2ccccc2)CC1)C(=O)C[C@@H](CCCN=C(N)N)C(=O)c1nc2ccccc2s1. The highest BCUT2D eigenvalue weighted by Crippen LogP contribution is 2.28. The number of thiazole rings is 1. The Morgan fingerprint density at radius 2 is 1.74 bits per heavy atom. The molecule has 248 valence electrons. The van der Waals surface area contributed by atoms with Crippen LogP contribution in [0.3, 0.4) is 0 Å². The summed E-state index contributed by atoms with van der Waals surface area (Å²) in [7, 11) is -3.64. The van der Waals surface area contributed by atoms with E-state index < -0.39 is 34.2 Å². The summed E-state index contributed by atoms with van der Waals surface area (Å²) in [4.78, 5) is 49.0. The van der Waals surface area contributed by atoms with Crippen LogP contribution in [0.5, 0.6) is 0 Å². The number of sulfonamides is 1. The lowest BCUT2D eigenvalue weighted by atomic mass is 9.88. The van der Waals surface area contributed by atoms with E-state index in [1.54, 1.807) is 30.3 Å². The van der Waals surface area contributed by atoms with Crippen LogP contribution in [0.25, 0.3) is 10.2 Å². The number of nitrogens with one attached hydrogen (secondary N) is 1. The average Bonchev–Trinajstić information content (AvgIpc) is 3.46. The lowest BCUT2D eigenvalue weighted by molar-refractivity contribution is -0.122. The monoisotopic (exact) mass is 670 g/mol. The molecule has 4 rings (SSSR count). The van der Waals surface area contributed by atoms with E-state index in [0.29, 0.717) is 49.2 Å². The van der Waals surface area contributed by atoms with Crippen LogP contribution in [0.15, 0.2) is 64.5 Å². The number of piperidine rings is 1. The first-order chi connectivity index (χ1) is 21.9. The van der Waals surface area contributed by atoms with Gasteiger partial charge in [-0.2, -0.15) is 4.31 Å². The summed E-state index contributed by atoms with van der Waals surface area (Å²) in [5.74, 6) is -1.17. The summed E-state index contributed by atoms with van der Waals surface area (Å²) >= 11 is 1.28. The highest BCUT2D eigenvalue weighted by atomic mass is 32.2. The first-order valence-corrected chi connectivity index (χ1v) is 17.7. The molecule has 0 saturated carbocycles. The fourth-order valence-electron chi connectivity index (χ4n) is 5.41. The molecule has 1 aliphatic heterocycles. The van der Waals surface area contributed by atoms with Crippen molar-refractivity contribution in [1.82, 2.24) is 14.6 Å². The first kappa shape index (κ1) is 35.0. The molecule has 2 aromatic carbocycles. The van der Waals surface area contributed by atoms with Crippen molar-refractivity contribution in [3.63, 3.8) is 0 Å². The molecule has 0 unspecified atom stereocenters. The van der Waals surface area contributed by atoms with Crippen LogP contribution in [0.2, 0.25) is 0 Å². The quantitative estimate of drug-likeness (QED) is 0.0926. The van der Waals surface area contributed by atoms with Crippen molar-refractivity contribution in [2.75, 3.05) is 19.6 Å². The Labute approximate surface area is 273 Å². The van der Waals surface area contributed by atoms with Crippen LogP contribution < -0.4 is 16.8 Å². The number of ether oxygens (including phenoxy) is 1. The summed E-state index contributed by atoms with van der Waals surface area (Å²) in [6.45, 7) is 4.60. The van der Waals surface area contributed by atoms with E-state index >= 15 is 0 Å². The molecule has 1 saturated heterocycles. The Hall–Kier alpha value is -3.88. The number of nitrogens with zero attached hydrogens (tertiary/aromatic N) is 3. The Bertz CT molecular complexity index is 1600. The van der Waals surface area contributed by atoms with Gasteiger partial charge in [-0.1, -0.05) is 44.2 Å². The van der Waals surface area contributed by atoms with Crippen LogP contribution in [-0.2, 0) is 19.6 Å². The molecule has 14 heteroatoms. The molecule has 2 heterocycles. The van der Waals surface area contributed by atoms with Crippen molar-refractivity contribution in [1.29, 1.82) is 0 Å². The number of guanidine groups is 1. The molecule has 1 fully saturated rings. The van der Waals surface area contributed by atoms with Crippen molar-refractivity contribution in [3.05, 3.63) is 59.6 Å². The third-order valence-electron chi connectivity index (χ3n) is 7.77. The lowest BCUT2D eigenvalue weighted by Crippen LogP contribution is -2.46. The second kappa shape index (κ2) is 16.1. The van der Waals surface area contributed by atoms with Gasteiger partial charge in [0.05, 0.1) is 21.2 Å². The number of rotatable bonds is 15. The lowest BCUT2D eigenvalue weighted by Gasteiger charge is -2.31. The van der Waals surface area contributed by atoms with Crippen molar-refractivity contribution in [2.45, 2.75) is 69.4 Å². The van der Waals surface area contributed by atoms with Gasteiger partial charge in [-0.3, -0.25) is 14.6 Å². The molecular formula is C32H42N6O6S2. The number of Topliss-reactive ketones (excluding diaryl/α,β-unsaturated/α-hetero) is 2. The highest BCUT2D eigenvalue weighted by molar-refractivity contribution is 7.89. The second-order valence-corrected chi connectivity index (χ2v) is 14.8. The topological polar surface area (TPSA) is 187 Å². The number of hydrogen-bond donors (Lipinski definition) is 3. The van der Waals surface area contributed by atoms with Crippen LogP contribution >= 0.6 is 11.3 Å². The molecule has 0 spiro atoms. The number of nitrogens with two attached hydrogens (primary N) is 2. The van der Waals surface area contributed by atoms with Gasteiger partial charge >= 0.3 is 6.09 Å². The molecule has 1 aromatic heterocycles. The summed E-state index contributed by atoms with van der Waals surface area (Å²) in [6, 6.07) is 14.8. The number of benzene rings is 2. The molecule has 0 radical (unpaired) electrons. The number of carbonyl (C=O) groups is 3. The zero-order valence-electron chi connectivity index (χ0n) is 26.1. The maximum absolute atomic E-state index is 13.7. The summed E-state index contributed by atoms with van der Waals surface area (Å²) in [6.07, 6.45) is 0.525. The molecule has 0 bridgehead atoms. The largest absolute Gasteiger partial charge is 0.446 e. The Kier molecular flexibility index (Phi) is 12.2. The highest BCUT2D eigenvalue weighted by Gasteiger charge is 2.33. The van der Waals surface area contributed by atoms with Crippen molar-refractivity contribution >= 4 is 55.2 Å². The molecule has 0 aliphatic carbocycles. The minimum absolute atomic E-state index is 0.0478. The third-order valence-corrected chi connectivity index (χ3v) is 10.7. The molecule has 1 aliphatic rings. The standard InChI is InChI=1S/C32H42N6O6S2/c1-21(2)19-26(37-32(41)44-23-14-17-38(18-15-23)46(42,43)24-10-4-3-5-11-24)27(39)20-22(9-8-16-35-31(33)34)29(40)30-36-25-12-6-7-13-28(25)45-30/h3-7,10-13,21-23,26H,8-9,14-20H2,1-2H3,(H,37,41)(H4,33,34,35)/t22-,26+/m1/s1. The number of alkyl carbamates (subject to hydrolysis) is 1. The van der Waals surface area contributed by atoms with Crippen LogP contribution in [0.1, 0.15) is 62.2 Å². The second-order valence-electron chi connectivity index (χ2n) is 11.8. The zero-order valence-corrected chi connectivity index (χ0v) is 27.8. The van der Waals surface area contributed by atoms with Gasteiger partial charge in [-0.25, -0.2) is 18.2 Å². The maximum atomic E-state index is 13.7. The fourth-order valence-corrected chi connectivity index (χ4v) is 7.89. The van der Waals surface area contributed by atoms with Crippen molar-refractivity contribution in [3.8, 4) is 0 Å². The summed E-state index contributed by atoms with van der Waals surface area (Å²) in [5, 5.41) is 3.06. The number of hydrogen-bond acceptors (Lipinski definition) is 9. The molecular weight excluding hydrogens is 629 g/mol. The van der Waals surface area contributed by atoms with Crippen LogP contribution in [0.4, 0.5) is 4.79 Å². The Balaban J connectivity index is 1.39. The molecule has 5 N–H and O–H groups in total. The van der Waals surface area contributed by atoms with Crippen LogP contribution in [-0.4, -0.2) is 73.1 Å². The summed E-state index contributed by atoms with van der Waals surface area (Å²) < 4.78 is 33.8. The number of carbonyl (C=O) groups excluding carboxylic acids is 3. The number of ketones is 2. The van der Waals surface area contributed by atoms with E-state index in [9.17, 15) is 22.8 Å². The van der Waals surface area contributed by atoms with E-state index in [-0.39, 0.29) is 47.8 Å². The van der Waals surface area contributed by atoms with Crippen LogP contribution in [0, 0.1) is 11.8 Å². The predicted molar refractivity (Wildman–Crippen MR) is 178 cm³/mol. The normalized spacial score (nSPS) is 15.7. The number of aromatic nitrogens is 1. The predicted octanol–water partition coefficient (Wildman–Crippen LogP) is 4.10. The van der Waals surface area contributed by atoms with Gasteiger partial charge in [-0.15, -0.1) is 11.3 Å². The van der Waals surface area contributed by atoms with Crippen molar-refractivity contribution < 1.29 is 27.5 Å².